The molecule has 1 fully saturated rings. The summed E-state index contributed by atoms with van der Waals surface area (Å²) in [6, 6.07) is 3.97. The van der Waals surface area contributed by atoms with Crippen LogP contribution in [0.1, 0.15) is 49.0 Å². The maximum atomic E-state index is 12.7. The first-order chi connectivity index (χ1) is 8.33. The molecule has 1 nitrogen and oxygen atoms in total. The summed E-state index contributed by atoms with van der Waals surface area (Å²) in [4.78, 5) is 12.7. The zero-order valence-corrected chi connectivity index (χ0v) is 14.2. The summed E-state index contributed by atoms with van der Waals surface area (Å²) in [7, 11) is 0. The van der Waals surface area contributed by atoms with E-state index in [9.17, 15) is 4.79 Å². The molecule has 0 saturated heterocycles. The van der Waals surface area contributed by atoms with Crippen molar-refractivity contribution in [2.45, 2.75) is 40.0 Å². The summed E-state index contributed by atoms with van der Waals surface area (Å²) in [6.07, 6.45) is 3.33. The van der Waals surface area contributed by atoms with Crippen molar-refractivity contribution < 1.29 is 4.79 Å². The van der Waals surface area contributed by atoms with Crippen LogP contribution in [0.4, 0.5) is 0 Å². The molecule has 1 unspecified atom stereocenters. The lowest BCUT2D eigenvalue weighted by Crippen LogP contribution is -2.26. The monoisotopic (exact) mass is 372 g/mol. The predicted molar refractivity (Wildman–Crippen MR) is 82.0 cm³/mol. The van der Waals surface area contributed by atoms with Crippen molar-refractivity contribution in [2.75, 3.05) is 0 Å². The number of aryl methyl sites for hydroxylation is 1. The molecule has 2 rings (SSSR count). The van der Waals surface area contributed by atoms with Gasteiger partial charge in [0.05, 0.1) is 0 Å². The van der Waals surface area contributed by atoms with E-state index in [1.807, 2.05) is 19.1 Å². The van der Waals surface area contributed by atoms with Crippen LogP contribution in [-0.4, -0.2) is 5.78 Å². The second-order valence-electron chi connectivity index (χ2n) is 5.88. The standard InChI is InChI=1S/C15H18Br2O/c1-9-7-13(17)10(8-12(9)16)14(18)11-5-4-6-15(11,2)3/h7-8,11H,4-6H2,1-3H3. The largest absolute Gasteiger partial charge is 0.294 e. The van der Waals surface area contributed by atoms with Gasteiger partial charge in [0.2, 0.25) is 0 Å². The average Bonchev–Trinajstić information content (AvgIpc) is 2.62. The number of halogens is 2. The molecule has 0 radical (unpaired) electrons. The lowest BCUT2D eigenvalue weighted by Gasteiger charge is -2.26. The van der Waals surface area contributed by atoms with Crippen LogP contribution in [0.5, 0.6) is 0 Å². The molecule has 0 aromatic heterocycles. The van der Waals surface area contributed by atoms with Gasteiger partial charge in [-0.1, -0.05) is 52.1 Å². The predicted octanol–water partition coefficient (Wildman–Crippen LogP) is 5.53. The second kappa shape index (κ2) is 5.09. The fourth-order valence-electron chi connectivity index (χ4n) is 2.84. The van der Waals surface area contributed by atoms with E-state index in [4.69, 9.17) is 0 Å². The van der Waals surface area contributed by atoms with E-state index >= 15 is 0 Å². The number of hydrogen-bond donors (Lipinski definition) is 0. The molecule has 1 saturated carbocycles. The highest BCUT2D eigenvalue weighted by atomic mass is 79.9. The molecule has 0 N–H and O–H groups in total. The van der Waals surface area contributed by atoms with Gasteiger partial charge in [-0.05, 0) is 42.9 Å². The fraction of sp³-hybridized carbons (Fsp3) is 0.533. The third kappa shape index (κ3) is 2.57. The highest BCUT2D eigenvalue weighted by molar-refractivity contribution is 9.11. The van der Waals surface area contributed by atoms with E-state index < -0.39 is 0 Å². The van der Waals surface area contributed by atoms with Crippen molar-refractivity contribution in [3.8, 4) is 0 Å². The summed E-state index contributed by atoms with van der Waals surface area (Å²) >= 11 is 7.04. The first-order valence-electron chi connectivity index (χ1n) is 6.33. The van der Waals surface area contributed by atoms with Crippen LogP contribution in [0.15, 0.2) is 21.1 Å². The third-order valence-corrected chi connectivity index (χ3v) is 5.60. The number of hydrogen-bond acceptors (Lipinski definition) is 1. The van der Waals surface area contributed by atoms with Gasteiger partial charge in [0.15, 0.2) is 5.78 Å². The molecule has 1 aliphatic rings. The van der Waals surface area contributed by atoms with Gasteiger partial charge >= 0.3 is 0 Å². The molecular weight excluding hydrogens is 356 g/mol. The number of benzene rings is 1. The Labute approximate surface area is 126 Å². The van der Waals surface area contributed by atoms with Crippen LogP contribution in [0.3, 0.4) is 0 Å². The van der Waals surface area contributed by atoms with Gasteiger partial charge in [0, 0.05) is 20.4 Å². The lowest BCUT2D eigenvalue weighted by molar-refractivity contribution is 0.0838. The van der Waals surface area contributed by atoms with Gasteiger partial charge < -0.3 is 0 Å². The molecule has 0 spiro atoms. The fourth-order valence-corrected chi connectivity index (χ4v) is 3.83. The van der Waals surface area contributed by atoms with E-state index in [2.05, 4.69) is 45.7 Å². The van der Waals surface area contributed by atoms with Gasteiger partial charge in [-0.15, -0.1) is 0 Å². The van der Waals surface area contributed by atoms with Gasteiger partial charge in [-0.2, -0.15) is 0 Å². The Kier molecular flexibility index (Phi) is 4.03. The SMILES string of the molecule is Cc1cc(Br)c(C(=O)C2CCCC2(C)C)cc1Br. The van der Waals surface area contributed by atoms with E-state index in [0.29, 0.717) is 0 Å². The zero-order valence-electron chi connectivity index (χ0n) is 11.0. The van der Waals surface area contributed by atoms with E-state index in [1.54, 1.807) is 0 Å². The van der Waals surface area contributed by atoms with Crippen LogP contribution < -0.4 is 0 Å². The van der Waals surface area contributed by atoms with Gasteiger partial charge in [-0.25, -0.2) is 0 Å². The molecule has 0 aliphatic heterocycles. The molecule has 98 valence electrons. The molecule has 1 aliphatic carbocycles. The topological polar surface area (TPSA) is 17.1 Å². The molecule has 0 amide bonds. The molecule has 0 bridgehead atoms. The minimum Gasteiger partial charge on any atom is -0.294 e. The van der Waals surface area contributed by atoms with E-state index in [1.165, 1.54) is 0 Å². The molecule has 1 aromatic rings. The summed E-state index contributed by atoms with van der Waals surface area (Å²) < 4.78 is 1.92. The van der Waals surface area contributed by atoms with Crippen LogP contribution in [0, 0.1) is 18.3 Å². The van der Waals surface area contributed by atoms with Gasteiger partial charge in [0.25, 0.3) is 0 Å². The molecule has 18 heavy (non-hydrogen) atoms. The average molecular weight is 374 g/mol. The van der Waals surface area contributed by atoms with Crippen molar-refractivity contribution in [1.82, 2.24) is 0 Å². The van der Waals surface area contributed by atoms with Crippen LogP contribution in [0.25, 0.3) is 0 Å². The molecule has 1 aromatic carbocycles. The van der Waals surface area contributed by atoms with Crippen molar-refractivity contribution in [3.05, 3.63) is 32.2 Å². The first-order valence-corrected chi connectivity index (χ1v) is 7.91. The minimum atomic E-state index is 0.133. The normalized spacial score (nSPS) is 22.2. The van der Waals surface area contributed by atoms with Crippen LogP contribution in [0.2, 0.25) is 0 Å². The Bertz CT molecular complexity index is 492. The van der Waals surface area contributed by atoms with Crippen molar-refractivity contribution in [2.24, 2.45) is 11.3 Å². The van der Waals surface area contributed by atoms with Crippen LogP contribution in [-0.2, 0) is 0 Å². The number of carbonyl (C=O) groups excluding carboxylic acids is 1. The Balaban J connectivity index is 2.38. The molecular formula is C15H18Br2O. The number of rotatable bonds is 2. The van der Waals surface area contributed by atoms with Crippen LogP contribution >= 0.6 is 31.9 Å². The highest BCUT2D eigenvalue weighted by Gasteiger charge is 2.39. The number of Topliss-reactive ketones (excluding diaryl/α,β-unsaturated/α-hetero) is 1. The first kappa shape index (κ1) is 14.3. The van der Waals surface area contributed by atoms with Gasteiger partial charge in [0.1, 0.15) is 0 Å². The van der Waals surface area contributed by atoms with Crippen molar-refractivity contribution in [1.29, 1.82) is 0 Å². The van der Waals surface area contributed by atoms with Crippen molar-refractivity contribution in [3.63, 3.8) is 0 Å². The third-order valence-electron chi connectivity index (χ3n) is 4.09. The summed E-state index contributed by atoms with van der Waals surface area (Å²) in [6.45, 7) is 6.45. The zero-order chi connectivity index (χ0) is 13.5. The Hall–Kier alpha value is -0.150. The summed E-state index contributed by atoms with van der Waals surface area (Å²) in [5.41, 5.74) is 2.09. The van der Waals surface area contributed by atoms with E-state index in [0.717, 1.165) is 39.3 Å². The van der Waals surface area contributed by atoms with Crippen molar-refractivity contribution >= 4 is 37.6 Å². The Morgan fingerprint density at radius 3 is 2.50 bits per heavy atom. The number of carbonyl (C=O) groups is 1. The molecule has 1 atom stereocenters. The quantitative estimate of drug-likeness (QED) is 0.623. The number of ketones is 1. The maximum Gasteiger partial charge on any atom is 0.167 e. The Morgan fingerprint density at radius 2 is 1.94 bits per heavy atom. The molecule has 0 heterocycles. The Morgan fingerprint density at radius 1 is 1.28 bits per heavy atom. The summed E-state index contributed by atoms with van der Waals surface area (Å²) in [5, 5.41) is 0. The van der Waals surface area contributed by atoms with Gasteiger partial charge in [-0.3, -0.25) is 4.79 Å². The summed E-state index contributed by atoms with van der Waals surface area (Å²) in [5.74, 6) is 0.438. The smallest absolute Gasteiger partial charge is 0.167 e. The maximum absolute atomic E-state index is 12.7. The second-order valence-corrected chi connectivity index (χ2v) is 7.59. The molecule has 3 heteroatoms. The lowest BCUT2D eigenvalue weighted by atomic mass is 9.77. The highest BCUT2D eigenvalue weighted by Crippen LogP contribution is 2.45. The minimum absolute atomic E-state index is 0.133. The van der Waals surface area contributed by atoms with E-state index in [-0.39, 0.29) is 17.1 Å².